The zero-order chi connectivity index (χ0) is 31.4. The van der Waals surface area contributed by atoms with Crippen LogP contribution in [-0.2, 0) is 5.41 Å². The summed E-state index contributed by atoms with van der Waals surface area (Å²) < 4.78 is 22.2. The summed E-state index contributed by atoms with van der Waals surface area (Å²) in [7, 11) is 4.40. The van der Waals surface area contributed by atoms with Gasteiger partial charge in [0.1, 0.15) is 13.1 Å². The highest BCUT2D eigenvalue weighted by molar-refractivity contribution is 6.11. The maximum Gasteiger partial charge on any atom is 0.212 e. The Kier molecular flexibility index (Phi) is 5.10. The van der Waals surface area contributed by atoms with Crippen LogP contribution in [0.3, 0.4) is 0 Å². The molecule has 2 atom stereocenters. The van der Waals surface area contributed by atoms with Gasteiger partial charge in [0.15, 0.2) is 6.20 Å². The van der Waals surface area contributed by atoms with E-state index in [-0.39, 0.29) is 17.4 Å². The quantitative estimate of drug-likeness (QED) is 0.192. The molecule has 8 rings (SSSR count). The number of hydrogen-bond donors (Lipinski definition) is 0. The Morgan fingerprint density at radius 3 is 2.09 bits per heavy atom. The monoisotopic (exact) mass is 562 g/mol. The lowest BCUT2D eigenvalue weighted by molar-refractivity contribution is -0.425. The van der Waals surface area contributed by atoms with Crippen molar-refractivity contribution in [1.29, 1.82) is 0 Å². The van der Waals surface area contributed by atoms with E-state index >= 15 is 0 Å². The van der Waals surface area contributed by atoms with Crippen molar-refractivity contribution in [3.8, 4) is 5.69 Å². The summed E-state index contributed by atoms with van der Waals surface area (Å²) >= 11 is 0. The SMILES string of the molecule is [2H]c1cccc2c3cccc([2H])c3n(-c3ccc4c(c3)N(C)C3C(c5cc(C(C)(C)C)c6ccccc6c5C)=[N+](C)C=CC43)c12. The van der Waals surface area contributed by atoms with Crippen molar-refractivity contribution in [1.82, 2.24) is 4.57 Å². The van der Waals surface area contributed by atoms with Gasteiger partial charge in [0.25, 0.3) is 0 Å². The van der Waals surface area contributed by atoms with E-state index < -0.39 is 0 Å². The Morgan fingerprint density at radius 2 is 1.42 bits per heavy atom. The van der Waals surface area contributed by atoms with Crippen LogP contribution < -0.4 is 4.90 Å². The average Bonchev–Trinajstić information content (AvgIpc) is 3.51. The predicted molar refractivity (Wildman–Crippen MR) is 183 cm³/mol. The minimum atomic E-state index is 0.000249. The number of anilines is 1. The summed E-state index contributed by atoms with van der Waals surface area (Å²) in [5.41, 5.74) is 10.5. The second-order valence-electron chi connectivity index (χ2n) is 13.3. The van der Waals surface area contributed by atoms with Gasteiger partial charge in [-0.1, -0.05) is 87.5 Å². The summed E-state index contributed by atoms with van der Waals surface area (Å²) in [4.78, 5) is 2.45. The molecule has 1 aromatic heterocycles. The van der Waals surface area contributed by atoms with E-state index in [1.807, 2.05) is 24.3 Å². The Labute approximate surface area is 256 Å². The Bertz CT molecular complexity index is 2220. The Hall–Kier alpha value is -4.63. The minimum absolute atomic E-state index is 0.000249. The number of likely N-dealkylation sites (N-methyl/N-ethyl adjacent to an activating group) is 1. The predicted octanol–water partition coefficient (Wildman–Crippen LogP) is 9.10. The lowest BCUT2D eigenvalue weighted by Gasteiger charge is -2.30. The number of para-hydroxylation sites is 2. The van der Waals surface area contributed by atoms with E-state index in [1.54, 1.807) is 0 Å². The molecule has 0 fully saturated rings. The third kappa shape index (κ3) is 3.70. The summed E-state index contributed by atoms with van der Waals surface area (Å²) in [6, 6.07) is 30.8. The van der Waals surface area contributed by atoms with Crippen molar-refractivity contribution in [2.75, 3.05) is 19.0 Å². The van der Waals surface area contributed by atoms with Gasteiger partial charge >= 0.3 is 0 Å². The van der Waals surface area contributed by atoms with E-state index in [2.05, 4.69) is 129 Å². The first-order chi connectivity index (χ1) is 21.6. The molecule has 0 spiro atoms. The van der Waals surface area contributed by atoms with Crippen molar-refractivity contribution in [3.63, 3.8) is 0 Å². The molecule has 2 aliphatic heterocycles. The standard InChI is InChI=1S/C40H38N3/c1-25-27-13-7-8-14-28(27)34(40(2,3)4)24-33(25)38-39-32(21-22-41(38)5)31-20-19-26(23-37(31)42(39)6)43-35-17-11-9-15-29(35)30-16-10-12-18-36(30)43/h7-24,32,39H,1-6H3/q+1/i17D,18D. The smallest absolute Gasteiger partial charge is 0.212 e. The van der Waals surface area contributed by atoms with E-state index in [4.69, 9.17) is 2.74 Å². The first kappa shape index (κ1) is 23.9. The molecule has 3 heteroatoms. The van der Waals surface area contributed by atoms with Crippen LogP contribution >= 0.6 is 0 Å². The molecular weight excluding hydrogens is 522 g/mol. The second kappa shape index (κ2) is 9.18. The molecular formula is C40H38N3+. The lowest BCUT2D eigenvalue weighted by atomic mass is 9.78. The van der Waals surface area contributed by atoms with Gasteiger partial charge in [-0.15, -0.1) is 0 Å². The van der Waals surface area contributed by atoms with Gasteiger partial charge in [-0.25, -0.2) is 4.58 Å². The highest BCUT2D eigenvalue weighted by atomic mass is 15.2. The maximum atomic E-state index is 8.85. The van der Waals surface area contributed by atoms with Crippen LogP contribution in [0.25, 0.3) is 38.3 Å². The zero-order valence-corrected chi connectivity index (χ0v) is 25.7. The molecule has 0 saturated heterocycles. The van der Waals surface area contributed by atoms with Crippen LogP contribution in [0.2, 0.25) is 0 Å². The van der Waals surface area contributed by atoms with Gasteiger partial charge in [-0.05, 0) is 76.2 Å². The maximum absolute atomic E-state index is 8.85. The van der Waals surface area contributed by atoms with Crippen molar-refractivity contribution >= 4 is 44.0 Å². The van der Waals surface area contributed by atoms with Crippen LogP contribution in [0.15, 0.2) is 109 Å². The molecule has 6 aromatic rings. The van der Waals surface area contributed by atoms with Gasteiger partial charge in [0.05, 0.1) is 13.8 Å². The number of hydrogen-bond acceptors (Lipinski definition) is 1. The van der Waals surface area contributed by atoms with Gasteiger partial charge in [0, 0.05) is 40.7 Å². The molecule has 2 unspecified atom stereocenters. The molecule has 0 radical (unpaired) electrons. The normalized spacial score (nSPS) is 18.9. The second-order valence-corrected chi connectivity index (χ2v) is 13.3. The Balaban J connectivity index is 1.32. The number of benzene rings is 5. The van der Waals surface area contributed by atoms with Crippen LogP contribution in [0.1, 0.15) is 51.7 Å². The number of nitrogens with zero attached hydrogens (tertiary/aromatic N) is 3. The van der Waals surface area contributed by atoms with Crippen molar-refractivity contribution in [2.24, 2.45) is 0 Å². The van der Waals surface area contributed by atoms with E-state index in [0.29, 0.717) is 12.1 Å². The van der Waals surface area contributed by atoms with Gasteiger partial charge in [-0.2, -0.15) is 0 Å². The molecule has 0 bridgehead atoms. The molecule has 0 aliphatic carbocycles. The van der Waals surface area contributed by atoms with Gasteiger partial charge in [-0.3, -0.25) is 0 Å². The molecule has 0 amide bonds. The molecule has 43 heavy (non-hydrogen) atoms. The zero-order valence-electron chi connectivity index (χ0n) is 27.7. The molecule has 2 aliphatic rings. The molecule has 0 saturated carbocycles. The fourth-order valence-corrected chi connectivity index (χ4v) is 7.68. The van der Waals surface area contributed by atoms with Crippen LogP contribution in [-0.4, -0.2) is 35.0 Å². The number of aromatic nitrogens is 1. The third-order valence-corrected chi connectivity index (χ3v) is 9.75. The van der Waals surface area contributed by atoms with Gasteiger partial charge in [0.2, 0.25) is 5.71 Å². The fraction of sp³-hybridized carbons (Fsp3) is 0.225. The molecule has 5 aromatic carbocycles. The molecule has 212 valence electrons. The molecule has 0 N–H and O–H groups in total. The largest absolute Gasteiger partial charge is 0.361 e. The first-order valence-electron chi connectivity index (χ1n) is 16.2. The highest BCUT2D eigenvalue weighted by Crippen LogP contribution is 2.46. The van der Waals surface area contributed by atoms with Crippen LogP contribution in [0, 0.1) is 6.92 Å². The van der Waals surface area contributed by atoms with E-state index in [9.17, 15) is 0 Å². The fourth-order valence-electron chi connectivity index (χ4n) is 7.68. The third-order valence-electron chi connectivity index (χ3n) is 9.75. The van der Waals surface area contributed by atoms with Crippen molar-refractivity contribution in [2.45, 2.75) is 45.1 Å². The topological polar surface area (TPSA) is 11.2 Å². The minimum Gasteiger partial charge on any atom is -0.361 e. The van der Waals surface area contributed by atoms with Crippen molar-refractivity contribution < 1.29 is 7.32 Å². The van der Waals surface area contributed by atoms with E-state index in [1.165, 1.54) is 44.4 Å². The van der Waals surface area contributed by atoms with Crippen LogP contribution in [0.5, 0.6) is 0 Å². The number of fused-ring (bicyclic) bond motifs is 7. The Morgan fingerprint density at radius 1 is 0.791 bits per heavy atom. The summed E-state index contributed by atoms with van der Waals surface area (Å²) in [5, 5.41) is 4.67. The van der Waals surface area contributed by atoms with Crippen LogP contribution in [0.4, 0.5) is 5.69 Å². The average molecular weight is 563 g/mol. The summed E-state index contributed by atoms with van der Waals surface area (Å²) in [6.07, 6.45) is 4.59. The van der Waals surface area contributed by atoms with Gasteiger partial charge < -0.3 is 9.47 Å². The molecule has 3 nitrogen and oxygen atoms in total. The number of rotatable bonds is 2. The summed E-state index contributed by atoms with van der Waals surface area (Å²) in [5.74, 6) is 0.214. The lowest BCUT2D eigenvalue weighted by Crippen LogP contribution is -2.44. The first-order valence-corrected chi connectivity index (χ1v) is 15.2. The van der Waals surface area contributed by atoms with Crippen molar-refractivity contribution in [3.05, 3.63) is 132 Å². The summed E-state index contributed by atoms with van der Waals surface area (Å²) in [6.45, 7) is 9.20. The number of aryl methyl sites for hydroxylation is 1. The molecule has 3 heterocycles. The highest BCUT2D eigenvalue weighted by Gasteiger charge is 2.45. The van der Waals surface area contributed by atoms with E-state index in [0.717, 1.165) is 27.5 Å².